The second-order valence-corrected chi connectivity index (χ2v) is 3.78. The van der Waals surface area contributed by atoms with Crippen LogP contribution in [0.25, 0.3) is 11.5 Å². The van der Waals surface area contributed by atoms with Gasteiger partial charge in [0.25, 0.3) is 0 Å². The van der Waals surface area contributed by atoms with E-state index >= 15 is 0 Å². The maximum Gasteiger partial charge on any atom is 0.303 e. The first-order valence-corrected chi connectivity index (χ1v) is 5.32. The third kappa shape index (κ3) is 2.69. The van der Waals surface area contributed by atoms with E-state index in [-0.39, 0.29) is 6.42 Å². The zero-order valence-electron chi connectivity index (χ0n) is 9.50. The van der Waals surface area contributed by atoms with Crippen LogP contribution in [0.3, 0.4) is 0 Å². The van der Waals surface area contributed by atoms with Crippen molar-refractivity contribution in [3.63, 3.8) is 0 Å². The lowest BCUT2D eigenvalue weighted by atomic mass is 10.2. The molecule has 0 aromatic carbocycles. The maximum absolute atomic E-state index is 10.5. The minimum Gasteiger partial charge on any atom is -0.481 e. The van der Waals surface area contributed by atoms with E-state index in [0.717, 1.165) is 17.2 Å². The van der Waals surface area contributed by atoms with Crippen molar-refractivity contribution in [2.75, 3.05) is 0 Å². The summed E-state index contributed by atoms with van der Waals surface area (Å²) in [5.41, 5.74) is 1.56. The molecule has 0 spiro atoms. The topological polar surface area (TPSA) is 68.0 Å². The molecule has 2 aromatic rings. The average Bonchev–Trinajstić information content (AvgIpc) is 2.69. The van der Waals surface area contributed by atoms with Crippen LogP contribution in [0.2, 0.25) is 0 Å². The van der Waals surface area contributed by atoms with Crippen molar-refractivity contribution in [2.24, 2.45) is 7.05 Å². The number of rotatable bonds is 4. The van der Waals surface area contributed by atoms with E-state index in [1.807, 2.05) is 36.0 Å². The highest BCUT2D eigenvalue weighted by Gasteiger charge is 2.09. The molecular weight excluding hydrogens is 218 g/mol. The van der Waals surface area contributed by atoms with Gasteiger partial charge in [-0.2, -0.15) is 0 Å². The minimum atomic E-state index is -0.810. The third-order valence-electron chi connectivity index (χ3n) is 2.42. The summed E-state index contributed by atoms with van der Waals surface area (Å²) in [5, 5.41) is 8.62. The van der Waals surface area contributed by atoms with Gasteiger partial charge >= 0.3 is 5.97 Å². The van der Waals surface area contributed by atoms with Gasteiger partial charge in [0.2, 0.25) is 0 Å². The highest BCUT2D eigenvalue weighted by Crippen LogP contribution is 2.15. The Hall–Kier alpha value is -2.17. The second-order valence-electron chi connectivity index (χ2n) is 3.78. The number of carboxylic acid groups (broad SMARTS) is 1. The van der Waals surface area contributed by atoms with Crippen molar-refractivity contribution in [3.05, 3.63) is 36.3 Å². The summed E-state index contributed by atoms with van der Waals surface area (Å²) in [7, 11) is 1.88. The maximum atomic E-state index is 10.5. The Kier molecular flexibility index (Phi) is 3.18. The SMILES string of the molecule is Cn1cc(CCC(=O)O)nc1-c1ccccn1. The molecular formula is C12H13N3O2. The number of aliphatic carboxylic acids is 1. The normalized spacial score (nSPS) is 10.4. The van der Waals surface area contributed by atoms with Gasteiger partial charge in [-0.25, -0.2) is 4.98 Å². The number of hydrogen-bond acceptors (Lipinski definition) is 3. The predicted molar refractivity (Wildman–Crippen MR) is 62.4 cm³/mol. The molecule has 0 unspecified atom stereocenters. The Morgan fingerprint density at radius 1 is 1.47 bits per heavy atom. The Morgan fingerprint density at radius 3 is 2.94 bits per heavy atom. The van der Waals surface area contributed by atoms with Gasteiger partial charge in [0, 0.05) is 25.9 Å². The van der Waals surface area contributed by atoms with Crippen molar-refractivity contribution in [1.82, 2.24) is 14.5 Å². The van der Waals surface area contributed by atoms with E-state index in [0.29, 0.717) is 6.42 Å². The second kappa shape index (κ2) is 4.78. The Labute approximate surface area is 98.8 Å². The molecule has 88 valence electrons. The molecule has 2 heterocycles. The fourth-order valence-electron chi connectivity index (χ4n) is 1.62. The molecule has 2 aromatic heterocycles. The van der Waals surface area contributed by atoms with Crippen molar-refractivity contribution >= 4 is 5.97 Å². The van der Waals surface area contributed by atoms with E-state index in [1.54, 1.807) is 6.20 Å². The number of hydrogen-bond donors (Lipinski definition) is 1. The van der Waals surface area contributed by atoms with Crippen LogP contribution in [-0.2, 0) is 18.3 Å². The zero-order chi connectivity index (χ0) is 12.3. The van der Waals surface area contributed by atoms with Crippen LogP contribution >= 0.6 is 0 Å². The van der Waals surface area contributed by atoms with Gasteiger partial charge in [0.15, 0.2) is 5.82 Å². The van der Waals surface area contributed by atoms with E-state index < -0.39 is 5.97 Å². The van der Waals surface area contributed by atoms with E-state index in [9.17, 15) is 4.79 Å². The summed E-state index contributed by atoms with van der Waals surface area (Å²) >= 11 is 0. The first-order valence-electron chi connectivity index (χ1n) is 5.32. The summed E-state index contributed by atoms with van der Waals surface area (Å²) in [6.45, 7) is 0. The van der Waals surface area contributed by atoms with E-state index in [1.165, 1.54) is 0 Å². The fraction of sp³-hybridized carbons (Fsp3) is 0.250. The molecule has 5 heteroatoms. The summed E-state index contributed by atoms with van der Waals surface area (Å²) in [5.74, 6) is -0.0546. The van der Waals surface area contributed by atoms with Gasteiger partial charge < -0.3 is 9.67 Å². The van der Waals surface area contributed by atoms with Gasteiger partial charge in [0.05, 0.1) is 12.1 Å². The van der Waals surface area contributed by atoms with Crippen LogP contribution in [0.15, 0.2) is 30.6 Å². The monoisotopic (exact) mass is 231 g/mol. The van der Waals surface area contributed by atoms with Crippen LogP contribution in [0.1, 0.15) is 12.1 Å². The van der Waals surface area contributed by atoms with Gasteiger partial charge in [-0.15, -0.1) is 0 Å². The number of aryl methyl sites for hydroxylation is 2. The predicted octanol–water partition coefficient (Wildman–Crippen LogP) is 1.50. The number of carbonyl (C=O) groups is 1. The lowest BCUT2D eigenvalue weighted by molar-refractivity contribution is -0.136. The lowest BCUT2D eigenvalue weighted by Crippen LogP contribution is -1.97. The average molecular weight is 231 g/mol. The molecule has 0 bridgehead atoms. The first kappa shape index (κ1) is 11.3. The molecule has 0 fully saturated rings. The number of aromatic nitrogens is 3. The molecule has 0 saturated carbocycles. The van der Waals surface area contributed by atoms with E-state index in [4.69, 9.17) is 5.11 Å². The standard InChI is InChI=1S/C12H13N3O2/c1-15-8-9(5-6-11(16)17)14-12(15)10-4-2-3-7-13-10/h2-4,7-8H,5-6H2,1H3,(H,16,17). The molecule has 0 aliphatic carbocycles. The Morgan fingerprint density at radius 2 is 2.29 bits per heavy atom. The van der Waals surface area contributed by atoms with Crippen molar-refractivity contribution in [1.29, 1.82) is 0 Å². The van der Waals surface area contributed by atoms with Crippen LogP contribution < -0.4 is 0 Å². The van der Waals surface area contributed by atoms with Gasteiger partial charge in [0.1, 0.15) is 5.69 Å². The summed E-state index contributed by atoms with van der Waals surface area (Å²) in [6.07, 6.45) is 4.09. The lowest BCUT2D eigenvalue weighted by Gasteiger charge is -1.98. The largest absolute Gasteiger partial charge is 0.481 e. The molecule has 17 heavy (non-hydrogen) atoms. The Bertz CT molecular complexity index is 520. The fourth-order valence-corrected chi connectivity index (χ4v) is 1.62. The van der Waals surface area contributed by atoms with Crippen molar-refractivity contribution in [3.8, 4) is 11.5 Å². The van der Waals surface area contributed by atoms with Crippen LogP contribution in [0, 0.1) is 0 Å². The molecule has 0 atom stereocenters. The molecule has 0 aliphatic heterocycles. The van der Waals surface area contributed by atoms with Gasteiger partial charge in [-0.3, -0.25) is 9.78 Å². The van der Waals surface area contributed by atoms with Crippen LogP contribution in [0.4, 0.5) is 0 Å². The van der Waals surface area contributed by atoms with Crippen LogP contribution in [0.5, 0.6) is 0 Å². The van der Waals surface area contributed by atoms with Crippen molar-refractivity contribution in [2.45, 2.75) is 12.8 Å². The van der Waals surface area contributed by atoms with Crippen molar-refractivity contribution < 1.29 is 9.90 Å². The molecule has 2 rings (SSSR count). The molecule has 5 nitrogen and oxygen atoms in total. The highest BCUT2D eigenvalue weighted by atomic mass is 16.4. The number of carboxylic acids is 1. The summed E-state index contributed by atoms with van der Waals surface area (Å²) in [6, 6.07) is 5.62. The van der Waals surface area contributed by atoms with Gasteiger partial charge in [-0.05, 0) is 12.1 Å². The highest BCUT2D eigenvalue weighted by molar-refractivity contribution is 5.67. The number of pyridine rings is 1. The molecule has 0 saturated heterocycles. The van der Waals surface area contributed by atoms with E-state index in [2.05, 4.69) is 9.97 Å². The number of nitrogens with zero attached hydrogens (tertiary/aromatic N) is 3. The summed E-state index contributed by atoms with van der Waals surface area (Å²) < 4.78 is 1.86. The van der Waals surface area contributed by atoms with Gasteiger partial charge in [-0.1, -0.05) is 6.07 Å². The minimum absolute atomic E-state index is 0.0959. The first-order chi connectivity index (χ1) is 8.16. The Balaban J connectivity index is 2.22. The molecule has 0 aliphatic rings. The smallest absolute Gasteiger partial charge is 0.303 e. The molecule has 1 N–H and O–H groups in total. The molecule has 0 amide bonds. The third-order valence-corrected chi connectivity index (χ3v) is 2.42. The molecule has 0 radical (unpaired) electrons. The quantitative estimate of drug-likeness (QED) is 0.865. The summed E-state index contributed by atoms with van der Waals surface area (Å²) in [4.78, 5) is 19.1. The van der Waals surface area contributed by atoms with Crippen LogP contribution in [-0.4, -0.2) is 25.6 Å². The zero-order valence-corrected chi connectivity index (χ0v) is 9.50. The number of imidazole rings is 1.